The molecule has 2 rings (SSSR count). The first-order valence-corrected chi connectivity index (χ1v) is 6.92. The molecular weight excluding hydrogens is 308 g/mol. The average Bonchev–Trinajstić information content (AvgIpc) is 2.52. The summed E-state index contributed by atoms with van der Waals surface area (Å²) in [5, 5.41) is 0. The number of carbonyl (C=O) groups excluding carboxylic acids is 2. The summed E-state index contributed by atoms with van der Waals surface area (Å²) in [7, 11) is 1.31. The summed E-state index contributed by atoms with van der Waals surface area (Å²) < 4.78 is 10.0. The fourth-order valence-corrected chi connectivity index (χ4v) is 2.38. The zero-order chi connectivity index (χ0) is 15.2. The van der Waals surface area contributed by atoms with Crippen LogP contribution in [0.15, 0.2) is 30.3 Å². The van der Waals surface area contributed by atoms with Crippen molar-refractivity contribution in [3.63, 3.8) is 0 Å². The van der Waals surface area contributed by atoms with E-state index in [-0.39, 0.29) is 25.1 Å². The number of carbonyl (C=O) groups is 2. The standard InChI is InChI=1S/C15H20N2O4.ClH/c1-20-14(18)13-8-7-12(16)9-17(13)15(19)21-10-11-5-3-2-4-6-11;/h2-6,12-13H,7-10,16H2,1H3;1H/t12-,13+;/m0./s1. The smallest absolute Gasteiger partial charge is 0.410 e. The van der Waals surface area contributed by atoms with E-state index in [1.807, 2.05) is 30.3 Å². The first-order valence-electron chi connectivity index (χ1n) is 6.92. The first-order chi connectivity index (χ1) is 10.1. The van der Waals surface area contributed by atoms with E-state index in [0.717, 1.165) is 5.56 Å². The molecule has 22 heavy (non-hydrogen) atoms. The van der Waals surface area contributed by atoms with E-state index >= 15 is 0 Å². The lowest BCUT2D eigenvalue weighted by Crippen LogP contribution is -2.54. The van der Waals surface area contributed by atoms with Crippen LogP contribution >= 0.6 is 12.4 Å². The van der Waals surface area contributed by atoms with Gasteiger partial charge >= 0.3 is 12.1 Å². The molecule has 1 aromatic rings. The molecule has 1 aliphatic rings. The molecule has 0 bridgehead atoms. The lowest BCUT2D eigenvalue weighted by molar-refractivity contribution is -0.147. The van der Waals surface area contributed by atoms with Crippen molar-refractivity contribution in [3.8, 4) is 0 Å². The third kappa shape index (κ3) is 4.61. The molecule has 0 aromatic heterocycles. The molecule has 0 aliphatic carbocycles. The predicted octanol–water partition coefficient (Wildman–Crippen LogP) is 1.71. The number of amides is 1. The number of piperidine rings is 1. The Morgan fingerprint density at radius 1 is 1.27 bits per heavy atom. The van der Waals surface area contributed by atoms with Gasteiger partial charge in [-0.15, -0.1) is 12.4 Å². The molecule has 1 fully saturated rings. The molecule has 2 atom stereocenters. The molecule has 1 amide bonds. The number of methoxy groups -OCH3 is 1. The molecule has 0 spiro atoms. The SMILES string of the molecule is COC(=O)[C@H]1CC[C@H](N)CN1C(=O)OCc1ccccc1.Cl. The maximum Gasteiger partial charge on any atom is 0.410 e. The number of nitrogens with zero attached hydrogens (tertiary/aromatic N) is 1. The van der Waals surface area contributed by atoms with Gasteiger partial charge in [-0.05, 0) is 18.4 Å². The average molecular weight is 329 g/mol. The minimum atomic E-state index is -0.613. The van der Waals surface area contributed by atoms with Crippen LogP contribution in [-0.4, -0.2) is 42.7 Å². The number of hydrogen-bond donors (Lipinski definition) is 1. The number of hydrogen-bond acceptors (Lipinski definition) is 5. The Bertz CT molecular complexity index is 498. The monoisotopic (exact) mass is 328 g/mol. The molecule has 0 saturated carbocycles. The molecular formula is C15H21ClN2O4. The van der Waals surface area contributed by atoms with Crippen molar-refractivity contribution < 1.29 is 19.1 Å². The Morgan fingerprint density at radius 3 is 2.59 bits per heavy atom. The highest BCUT2D eigenvalue weighted by Crippen LogP contribution is 2.19. The van der Waals surface area contributed by atoms with Gasteiger partial charge in [-0.3, -0.25) is 4.90 Å². The number of rotatable bonds is 3. The summed E-state index contributed by atoms with van der Waals surface area (Å²) in [6.07, 6.45) is 0.640. The maximum absolute atomic E-state index is 12.2. The van der Waals surface area contributed by atoms with Crippen molar-refractivity contribution in [2.75, 3.05) is 13.7 Å². The number of likely N-dealkylation sites (tertiary alicyclic amines) is 1. The summed E-state index contributed by atoms with van der Waals surface area (Å²) in [4.78, 5) is 25.3. The summed E-state index contributed by atoms with van der Waals surface area (Å²) in [6, 6.07) is 8.62. The van der Waals surface area contributed by atoms with Crippen molar-refractivity contribution in [3.05, 3.63) is 35.9 Å². The van der Waals surface area contributed by atoms with Gasteiger partial charge < -0.3 is 15.2 Å². The molecule has 0 unspecified atom stereocenters. The van der Waals surface area contributed by atoms with Crippen LogP contribution in [0, 0.1) is 0 Å². The molecule has 1 aromatic carbocycles. The molecule has 7 heteroatoms. The fraction of sp³-hybridized carbons (Fsp3) is 0.467. The van der Waals surface area contributed by atoms with Crippen molar-refractivity contribution in [2.45, 2.75) is 31.5 Å². The summed E-state index contributed by atoms with van der Waals surface area (Å²) >= 11 is 0. The topological polar surface area (TPSA) is 81.9 Å². The first kappa shape index (κ1) is 18.3. The van der Waals surface area contributed by atoms with E-state index in [4.69, 9.17) is 15.2 Å². The van der Waals surface area contributed by atoms with E-state index in [0.29, 0.717) is 19.4 Å². The molecule has 1 aliphatic heterocycles. The number of ether oxygens (including phenoxy) is 2. The molecule has 122 valence electrons. The van der Waals surface area contributed by atoms with Crippen molar-refractivity contribution in [1.29, 1.82) is 0 Å². The normalized spacial score (nSPS) is 20.7. The minimum Gasteiger partial charge on any atom is -0.467 e. The molecule has 1 saturated heterocycles. The summed E-state index contributed by atoms with van der Waals surface area (Å²) in [6.45, 7) is 0.465. The van der Waals surface area contributed by atoms with Crippen LogP contribution < -0.4 is 5.73 Å². The van der Waals surface area contributed by atoms with Gasteiger partial charge in [-0.2, -0.15) is 0 Å². The van der Waals surface area contributed by atoms with Gasteiger partial charge in [0.2, 0.25) is 0 Å². The number of benzene rings is 1. The van der Waals surface area contributed by atoms with Gasteiger partial charge in [0.25, 0.3) is 0 Å². The third-order valence-electron chi connectivity index (χ3n) is 3.53. The number of nitrogens with two attached hydrogens (primary N) is 1. The lowest BCUT2D eigenvalue weighted by Gasteiger charge is -2.35. The van der Waals surface area contributed by atoms with Gasteiger partial charge in [-0.25, -0.2) is 9.59 Å². The van der Waals surface area contributed by atoms with Crippen molar-refractivity contribution >= 4 is 24.5 Å². The Labute approximate surface area is 136 Å². The van der Waals surface area contributed by atoms with Gasteiger partial charge in [0, 0.05) is 12.6 Å². The second-order valence-electron chi connectivity index (χ2n) is 5.07. The van der Waals surface area contributed by atoms with Crippen LogP contribution in [0.2, 0.25) is 0 Å². The van der Waals surface area contributed by atoms with Gasteiger partial charge in [0.1, 0.15) is 12.6 Å². The summed E-state index contributed by atoms with van der Waals surface area (Å²) in [5.41, 5.74) is 6.76. The number of esters is 1. The van der Waals surface area contributed by atoms with Crippen molar-refractivity contribution in [1.82, 2.24) is 4.90 Å². The van der Waals surface area contributed by atoms with E-state index in [1.165, 1.54) is 12.0 Å². The second-order valence-corrected chi connectivity index (χ2v) is 5.07. The molecule has 6 nitrogen and oxygen atoms in total. The van der Waals surface area contributed by atoms with Crippen LogP contribution in [0.25, 0.3) is 0 Å². The minimum absolute atomic E-state index is 0. The molecule has 0 radical (unpaired) electrons. The van der Waals surface area contributed by atoms with Gasteiger partial charge in [0.15, 0.2) is 0 Å². The van der Waals surface area contributed by atoms with E-state index in [1.54, 1.807) is 0 Å². The van der Waals surface area contributed by atoms with Crippen LogP contribution in [0.3, 0.4) is 0 Å². The van der Waals surface area contributed by atoms with Gasteiger partial charge in [0.05, 0.1) is 7.11 Å². The fourth-order valence-electron chi connectivity index (χ4n) is 2.38. The van der Waals surface area contributed by atoms with E-state index < -0.39 is 18.1 Å². The zero-order valence-corrected chi connectivity index (χ0v) is 13.3. The quantitative estimate of drug-likeness (QED) is 0.854. The maximum atomic E-state index is 12.2. The number of halogens is 1. The van der Waals surface area contributed by atoms with E-state index in [2.05, 4.69) is 0 Å². The third-order valence-corrected chi connectivity index (χ3v) is 3.53. The lowest BCUT2D eigenvalue weighted by atomic mass is 9.99. The predicted molar refractivity (Wildman–Crippen MR) is 83.6 cm³/mol. The Morgan fingerprint density at radius 2 is 1.95 bits per heavy atom. The highest BCUT2D eigenvalue weighted by Gasteiger charge is 2.36. The Kier molecular flexibility index (Phi) is 7.14. The molecule has 2 N–H and O–H groups in total. The zero-order valence-electron chi connectivity index (χ0n) is 12.4. The van der Waals surface area contributed by atoms with Crippen LogP contribution in [0.5, 0.6) is 0 Å². The van der Waals surface area contributed by atoms with Crippen LogP contribution in [-0.2, 0) is 20.9 Å². The van der Waals surface area contributed by atoms with Crippen LogP contribution in [0.1, 0.15) is 18.4 Å². The Hall–Kier alpha value is -1.79. The largest absolute Gasteiger partial charge is 0.467 e. The van der Waals surface area contributed by atoms with Gasteiger partial charge in [-0.1, -0.05) is 30.3 Å². The van der Waals surface area contributed by atoms with E-state index in [9.17, 15) is 9.59 Å². The highest BCUT2D eigenvalue weighted by atomic mass is 35.5. The van der Waals surface area contributed by atoms with Crippen molar-refractivity contribution in [2.24, 2.45) is 5.73 Å². The molecule has 1 heterocycles. The highest BCUT2D eigenvalue weighted by molar-refractivity contribution is 5.85. The van der Waals surface area contributed by atoms with Crippen LogP contribution in [0.4, 0.5) is 4.79 Å². The summed E-state index contributed by atoms with van der Waals surface area (Å²) in [5.74, 6) is -0.432. The second kappa shape index (κ2) is 8.60. The Balaban J connectivity index is 0.00000242.